The van der Waals surface area contributed by atoms with E-state index in [4.69, 9.17) is 16.3 Å². The normalized spacial score (nSPS) is 22.8. The largest absolute Gasteiger partial charge is 0.494 e. The second-order valence-corrected chi connectivity index (χ2v) is 11.5. The van der Waals surface area contributed by atoms with Gasteiger partial charge in [0.25, 0.3) is 5.92 Å². The Morgan fingerprint density at radius 3 is 2.51 bits per heavy atom. The van der Waals surface area contributed by atoms with Crippen molar-refractivity contribution in [3.8, 4) is 5.75 Å². The number of carbonyl (C=O) groups is 1. The minimum Gasteiger partial charge on any atom is -0.494 e. The number of rotatable bonds is 8. The zero-order valence-electron chi connectivity index (χ0n) is 22.6. The van der Waals surface area contributed by atoms with E-state index in [2.05, 4.69) is 48.4 Å². The molecule has 0 unspecified atom stereocenters. The van der Waals surface area contributed by atoms with E-state index >= 15 is 0 Å². The highest BCUT2D eigenvalue weighted by Gasteiger charge is 2.61. The number of piperidine rings is 1. The number of carbonyl (C=O) groups excluding carboxylic acids is 1. The Labute approximate surface area is 232 Å². The monoisotopic (exact) mass is 563 g/mol. The Morgan fingerprint density at radius 2 is 1.87 bits per heavy atom. The number of aromatic nitrogens is 2. The summed E-state index contributed by atoms with van der Waals surface area (Å²) in [6.07, 6.45) is 2.54. The van der Waals surface area contributed by atoms with Gasteiger partial charge < -0.3 is 25.2 Å². The third kappa shape index (κ3) is 6.53. The molecule has 1 amide bonds. The minimum atomic E-state index is -2.85. The van der Waals surface area contributed by atoms with E-state index in [1.807, 2.05) is 19.1 Å². The van der Waals surface area contributed by atoms with E-state index < -0.39 is 23.3 Å². The number of anilines is 3. The molecule has 212 valence electrons. The molecule has 2 N–H and O–H groups in total. The van der Waals surface area contributed by atoms with Gasteiger partial charge in [-0.3, -0.25) is 9.69 Å². The molecule has 0 bridgehead atoms. The number of nitrogens with zero attached hydrogens (tertiary/aromatic N) is 5. The number of hydrogen-bond donors (Lipinski definition) is 2. The molecule has 1 saturated carbocycles. The van der Waals surface area contributed by atoms with Crippen molar-refractivity contribution >= 4 is 34.8 Å². The van der Waals surface area contributed by atoms with Crippen LogP contribution in [0.5, 0.6) is 5.75 Å². The van der Waals surface area contributed by atoms with Gasteiger partial charge in [0.15, 0.2) is 0 Å². The van der Waals surface area contributed by atoms with Crippen LogP contribution < -0.4 is 20.3 Å². The first kappa shape index (κ1) is 27.8. The molecule has 12 heteroatoms. The number of hydrogen-bond acceptors (Lipinski definition) is 8. The highest BCUT2D eigenvalue weighted by Crippen LogP contribution is 2.49. The summed E-state index contributed by atoms with van der Waals surface area (Å²) in [5, 5.41) is 6.59. The molecule has 3 aliphatic rings. The standard InChI is InChI=1S/C27H36ClF2N7O2/c1-26(34-24(38)19-15-27(19,29)30)6-8-36(9-7-26)17-22-20(28)16-31-25(33-22)32-21-5-4-18(14-23(21)39-3)37-12-10-35(2)11-13-37/h4-5,14,16,19H,6-13,15,17H2,1-3H3,(H,34,38)(H,31,32,33)/t19-/m0/s1. The Hall–Kier alpha value is -2.76. The van der Waals surface area contributed by atoms with E-state index in [9.17, 15) is 13.6 Å². The fourth-order valence-electron chi connectivity index (χ4n) is 5.16. The van der Waals surface area contributed by atoms with Crippen LogP contribution in [0.1, 0.15) is 31.9 Å². The molecule has 2 aromatic rings. The van der Waals surface area contributed by atoms with Gasteiger partial charge in [0.1, 0.15) is 11.7 Å². The molecule has 3 fully saturated rings. The maximum absolute atomic E-state index is 13.3. The Kier molecular flexibility index (Phi) is 7.85. The van der Waals surface area contributed by atoms with Crippen molar-refractivity contribution in [2.75, 3.05) is 63.6 Å². The van der Waals surface area contributed by atoms with E-state index in [-0.39, 0.29) is 6.42 Å². The second-order valence-electron chi connectivity index (χ2n) is 11.1. The topological polar surface area (TPSA) is 85.9 Å². The van der Waals surface area contributed by atoms with E-state index in [0.29, 0.717) is 54.9 Å². The summed E-state index contributed by atoms with van der Waals surface area (Å²) in [5.74, 6) is -3.46. The number of piperazine rings is 1. The second kappa shape index (κ2) is 11.0. The predicted octanol–water partition coefficient (Wildman–Crippen LogP) is 3.76. The van der Waals surface area contributed by atoms with Crippen LogP contribution in [0, 0.1) is 5.92 Å². The van der Waals surface area contributed by atoms with Gasteiger partial charge in [-0.2, -0.15) is 0 Å². The first-order valence-corrected chi connectivity index (χ1v) is 13.8. The summed E-state index contributed by atoms with van der Waals surface area (Å²) >= 11 is 6.45. The Balaban J connectivity index is 1.19. The SMILES string of the molecule is COc1cc(N2CCN(C)CC2)ccc1Nc1ncc(Cl)c(CN2CCC(C)(NC(=O)[C@@H]3CC3(F)F)CC2)n1. The van der Waals surface area contributed by atoms with Crippen molar-refractivity contribution in [1.29, 1.82) is 0 Å². The summed E-state index contributed by atoms with van der Waals surface area (Å²) in [4.78, 5) is 28.1. The molecular formula is C27H36ClF2N7O2. The average Bonchev–Trinajstić information content (AvgIpc) is 3.56. The smallest absolute Gasteiger partial charge is 0.260 e. The maximum atomic E-state index is 13.3. The summed E-state index contributed by atoms with van der Waals surface area (Å²) in [6.45, 7) is 7.78. The van der Waals surface area contributed by atoms with Crippen molar-refractivity contribution in [2.24, 2.45) is 5.92 Å². The highest BCUT2D eigenvalue weighted by atomic mass is 35.5. The van der Waals surface area contributed by atoms with Crippen molar-refractivity contribution in [3.63, 3.8) is 0 Å². The van der Waals surface area contributed by atoms with Crippen LogP contribution in [0.4, 0.5) is 26.1 Å². The lowest BCUT2D eigenvalue weighted by Gasteiger charge is -2.40. The number of likely N-dealkylation sites (N-methyl/N-ethyl adjacent to an activating group) is 1. The molecule has 9 nitrogen and oxygen atoms in total. The highest BCUT2D eigenvalue weighted by molar-refractivity contribution is 6.31. The molecule has 1 aromatic carbocycles. The summed E-state index contributed by atoms with van der Waals surface area (Å²) < 4.78 is 32.2. The quantitative estimate of drug-likeness (QED) is 0.502. The van der Waals surface area contributed by atoms with Crippen LogP contribution in [-0.4, -0.2) is 90.6 Å². The van der Waals surface area contributed by atoms with Gasteiger partial charge in [-0.1, -0.05) is 11.6 Å². The fraction of sp³-hybridized carbons (Fsp3) is 0.593. The maximum Gasteiger partial charge on any atom is 0.260 e. The number of alkyl halides is 2. The van der Waals surface area contributed by atoms with Gasteiger partial charge in [0.05, 0.1) is 29.7 Å². The lowest BCUT2D eigenvalue weighted by atomic mass is 9.89. The Bertz CT molecular complexity index is 1200. The molecular weight excluding hydrogens is 528 g/mol. The number of likely N-dealkylation sites (tertiary alicyclic amines) is 1. The molecule has 1 aliphatic carbocycles. The summed E-state index contributed by atoms with van der Waals surface area (Å²) in [7, 11) is 3.78. The van der Waals surface area contributed by atoms with Crippen molar-refractivity contribution in [3.05, 3.63) is 35.1 Å². The van der Waals surface area contributed by atoms with Gasteiger partial charge in [0, 0.05) is 69.5 Å². The first-order valence-electron chi connectivity index (χ1n) is 13.4. The van der Waals surface area contributed by atoms with Gasteiger partial charge in [-0.05, 0) is 38.9 Å². The number of methoxy groups -OCH3 is 1. The van der Waals surface area contributed by atoms with Crippen LogP contribution >= 0.6 is 11.6 Å². The molecule has 5 rings (SSSR count). The van der Waals surface area contributed by atoms with Crippen LogP contribution in [0.3, 0.4) is 0 Å². The number of nitrogens with one attached hydrogen (secondary N) is 2. The van der Waals surface area contributed by atoms with Gasteiger partial charge in [-0.15, -0.1) is 0 Å². The van der Waals surface area contributed by atoms with E-state index in [1.54, 1.807) is 13.3 Å². The minimum absolute atomic E-state index is 0.351. The van der Waals surface area contributed by atoms with Crippen LogP contribution in [-0.2, 0) is 11.3 Å². The van der Waals surface area contributed by atoms with Crippen molar-refractivity contribution in [2.45, 2.75) is 44.2 Å². The number of halogens is 3. The number of ether oxygens (including phenoxy) is 1. The molecule has 1 aromatic heterocycles. The van der Waals surface area contributed by atoms with Crippen molar-refractivity contribution in [1.82, 2.24) is 25.1 Å². The molecule has 2 saturated heterocycles. The third-order valence-electron chi connectivity index (χ3n) is 8.02. The number of amides is 1. The predicted molar refractivity (Wildman–Crippen MR) is 147 cm³/mol. The average molecular weight is 564 g/mol. The first-order chi connectivity index (χ1) is 18.5. The third-order valence-corrected chi connectivity index (χ3v) is 8.33. The van der Waals surface area contributed by atoms with Gasteiger partial charge in [0.2, 0.25) is 11.9 Å². The van der Waals surface area contributed by atoms with Gasteiger partial charge in [-0.25, -0.2) is 18.7 Å². The molecule has 1 atom stereocenters. The zero-order valence-corrected chi connectivity index (χ0v) is 23.4. The number of benzene rings is 1. The molecule has 0 spiro atoms. The molecule has 2 aliphatic heterocycles. The van der Waals surface area contributed by atoms with Gasteiger partial charge >= 0.3 is 0 Å². The van der Waals surface area contributed by atoms with Crippen LogP contribution in [0.15, 0.2) is 24.4 Å². The summed E-state index contributed by atoms with van der Waals surface area (Å²) in [6, 6.07) is 6.07. The lowest BCUT2D eigenvalue weighted by molar-refractivity contribution is -0.126. The Morgan fingerprint density at radius 1 is 1.18 bits per heavy atom. The van der Waals surface area contributed by atoms with Crippen LogP contribution in [0.25, 0.3) is 0 Å². The lowest BCUT2D eigenvalue weighted by Crippen LogP contribution is -2.53. The molecule has 39 heavy (non-hydrogen) atoms. The van der Waals surface area contributed by atoms with Crippen LogP contribution in [0.2, 0.25) is 5.02 Å². The van der Waals surface area contributed by atoms with Crippen molar-refractivity contribution < 1.29 is 18.3 Å². The zero-order chi connectivity index (χ0) is 27.8. The van der Waals surface area contributed by atoms with E-state index in [0.717, 1.165) is 37.6 Å². The molecule has 3 heterocycles. The molecule has 0 radical (unpaired) electrons. The summed E-state index contributed by atoms with van der Waals surface area (Å²) in [5.41, 5.74) is 2.06. The fourth-order valence-corrected chi connectivity index (χ4v) is 5.31. The van der Waals surface area contributed by atoms with E-state index in [1.165, 1.54) is 0 Å².